The van der Waals surface area contributed by atoms with Crippen LogP contribution >= 0.6 is 0 Å². The van der Waals surface area contributed by atoms with Gasteiger partial charge in [-0.1, -0.05) is 6.07 Å². The van der Waals surface area contributed by atoms with Crippen molar-refractivity contribution in [1.82, 2.24) is 0 Å². The third-order valence-electron chi connectivity index (χ3n) is 4.74. The van der Waals surface area contributed by atoms with Crippen LogP contribution in [0.5, 0.6) is 5.75 Å². The van der Waals surface area contributed by atoms with Gasteiger partial charge in [-0.25, -0.2) is 0 Å². The molecule has 0 amide bonds. The molecule has 0 aromatic heterocycles. The average molecular weight is 246 g/mol. The minimum atomic E-state index is -0.353. The van der Waals surface area contributed by atoms with Gasteiger partial charge in [0.05, 0.1) is 13.2 Å². The molecular weight excluding hydrogens is 224 g/mol. The predicted molar refractivity (Wildman–Crippen MR) is 71.7 cm³/mol. The van der Waals surface area contributed by atoms with Crippen molar-refractivity contribution in [1.29, 1.82) is 0 Å². The molecular formula is C16H22O2. The number of ether oxygens (including phenoxy) is 1. The van der Waals surface area contributed by atoms with Gasteiger partial charge in [0.25, 0.3) is 0 Å². The van der Waals surface area contributed by atoms with E-state index in [2.05, 4.69) is 19.9 Å². The first kappa shape index (κ1) is 12.0. The van der Waals surface area contributed by atoms with Crippen molar-refractivity contribution >= 4 is 0 Å². The highest BCUT2D eigenvalue weighted by atomic mass is 16.5. The van der Waals surface area contributed by atoms with E-state index in [0.717, 1.165) is 28.7 Å². The standard InChI is InChI=1S/C16H22O2/c1-9-4-10(2)15(14(5-9)18-3)16(17)13-7-11-6-12(11)8-13/h4-5,11-13,16-17H,6-8H2,1-3H3. The van der Waals surface area contributed by atoms with E-state index in [0.29, 0.717) is 5.92 Å². The first-order chi connectivity index (χ1) is 8.60. The number of hydrogen-bond acceptors (Lipinski definition) is 2. The molecule has 0 heterocycles. The first-order valence-electron chi connectivity index (χ1n) is 6.93. The summed E-state index contributed by atoms with van der Waals surface area (Å²) in [6.07, 6.45) is 3.44. The summed E-state index contributed by atoms with van der Waals surface area (Å²) in [6.45, 7) is 4.14. The topological polar surface area (TPSA) is 29.5 Å². The molecule has 3 atom stereocenters. The van der Waals surface area contributed by atoms with Gasteiger partial charge in [-0.2, -0.15) is 0 Å². The Kier molecular flexibility index (Phi) is 2.86. The number of benzene rings is 1. The van der Waals surface area contributed by atoms with Crippen molar-refractivity contribution in [3.05, 3.63) is 28.8 Å². The Labute approximate surface area is 109 Å². The predicted octanol–water partition coefficient (Wildman–Crippen LogP) is 3.39. The highest BCUT2D eigenvalue weighted by Gasteiger charge is 2.48. The third-order valence-corrected chi connectivity index (χ3v) is 4.74. The maximum absolute atomic E-state index is 10.7. The Morgan fingerprint density at radius 3 is 2.44 bits per heavy atom. The summed E-state index contributed by atoms with van der Waals surface area (Å²) in [4.78, 5) is 0. The maximum Gasteiger partial charge on any atom is 0.125 e. The van der Waals surface area contributed by atoms with Gasteiger partial charge in [-0.05, 0) is 68.1 Å². The number of fused-ring (bicyclic) bond motifs is 1. The van der Waals surface area contributed by atoms with E-state index in [1.54, 1.807) is 7.11 Å². The zero-order valence-corrected chi connectivity index (χ0v) is 11.4. The lowest BCUT2D eigenvalue weighted by atomic mass is 9.88. The maximum atomic E-state index is 10.7. The van der Waals surface area contributed by atoms with Crippen molar-refractivity contribution < 1.29 is 9.84 Å². The SMILES string of the molecule is COc1cc(C)cc(C)c1C(O)C1CC2CC2C1. The number of aliphatic hydroxyl groups is 1. The molecule has 1 aromatic rings. The largest absolute Gasteiger partial charge is 0.496 e. The van der Waals surface area contributed by atoms with Crippen molar-refractivity contribution in [2.45, 2.75) is 39.2 Å². The Hall–Kier alpha value is -1.02. The van der Waals surface area contributed by atoms with Crippen LogP contribution in [0.3, 0.4) is 0 Å². The average Bonchev–Trinajstić information content (AvgIpc) is 2.94. The second-order valence-corrected chi connectivity index (χ2v) is 6.13. The van der Waals surface area contributed by atoms with Crippen molar-refractivity contribution in [3.63, 3.8) is 0 Å². The number of rotatable bonds is 3. The van der Waals surface area contributed by atoms with Gasteiger partial charge in [0, 0.05) is 5.56 Å². The van der Waals surface area contributed by atoms with Crippen LogP contribution in [-0.2, 0) is 0 Å². The highest BCUT2D eigenvalue weighted by Crippen LogP contribution is 2.57. The molecule has 0 radical (unpaired) electrons. The molecule has 3 unspecified atom stereocenters. The van der Waals surface area contributed by atoms with E-state index in [9.17, 15) is 5.11 Å². The van der Waals surface area contributed by atoms with Gasteiger partial charge < -0.3 is 9.84 Å². The Balaban J connectivity index is 1.90. The molecule has 18 heavy (non-hydrogen) atoms. The summed E-state index contributed by atoms with van der Waals surface area (Å²) in [6, 6.07) is 4.16. The molecule has 1 aromatic carbocycles. The van der Waals surface area contributed by atoms with Gasteiger partial charge in [-0.15, -0.1) is 0 Å². The van der Waals surface area contributed by atoms with E-state index < -0.39 is 0 Å². The van der Waals surface area contributed by atoms with E-state index >= 15 is 0 Å². The van der Waals surface area contributed by atoms with E-state index in [1.165, 1.54) is 24.8 Å². The summed E-state index contributed by atoms with van der Waals surface area (Å²) in [5.41, 5.74) is 3.35. The molecule has 0 saturated heterocycles. The van der Waals surface area contributed by atoms with Crippen molar-refractivity contribution in [3.8, 4) is 5.75 Å². The molecule has 3 rings (SSSR count). The summed E-state index contributed by atoms with van der Waals surface area (Å²) in [5, 5.41) is 10.7. The van der Waals surface area contributed by atoms with Gasteiger partial charge in [-0.3, -0.25) is 0 Å². The minimum absolute atomic E-state index is 0.353. The molecule has 2 nitrogen and oxygen atoms in total. The Morgan fingerprint density at radius 1 is 1.17 bits per heavy atom. The molecule has 0 spiro atoms. The van der Waals surface area contributed by atoms with E-state index in [4.69, 9.17) is 4.74 Å². The molecule has 2 aliphatic carbocycles. The van der Waals surface area contributed by atoms with Crippen LogP contribution in [0.1, 0.15) is 42.1 Å². The van der Waals surface area contributed by atoms with Gasteiger partial charge in [0.2, 0.25) is 0 Å². The van der Waals surface area contributed by atoms with Crippen molar-refractivity contribution in [2.75, 3.05) is 7.11 Å². The number of aliphatic hydroxyl groups excluding tert-OH is 1. The second kappa shape index (κ2) is 4.27. The molecule has 98 valence electrons. The third kappa shape index (κ3) is 1.93. The molecule has 0 aliphatic heterocycles. The second-order valence-electron chi connectivity index (χ2n) is 6.13. The van der Waals surface area contributed by atoms with E-state index in [-0.39, 0.29) is 6.10 Å². The number of aryl methyl sites for hydroxylation is 2. The fourth-order valence-electron chi connectivity index (χ4n) is 3.74. The van der Waals surface area contributed by atoms with E-state index in [1.807, 2.05) is 6.07 Å². The van der Waals surface area contributed by atoms with Crippen molar-refractivity contribution in [2.24, 2.45) is 17.8 Å². The highest BCUT2D eigenvalue weighted by molar-refractivity contribution is 5.44. The lowest BCUT2D eigenvalue weighted by molar-refractivity contribution is 0.101. The normalized spacial score (nSPS) is 31.0. The quantitative estimate of drug-likeness (QED) is 0.885. The van der Waals surface area contributed by atoms with Crippen LogP contribution in [0.2, 0.25) is 0 Å². The summed E-state index contributed by atoms with van der Waals surface area (Å²) >= 11 is 0. The van der Waals surface area contributed by atoms with Crippen LogP contribution in [0, 0.1) is 31.6 Å². The van der Waals surface area contributed by atoms with Gasteiger partial charge in [0.1, 0.15) is 5.75 Å². The lowest BCUT2D eigenvalue weighted by Crippen LogP contribution is -2.13. The fourth-order valence-corrected chi connectivity index (χ4v) is 3.74. The molecule has 0 bridgehead atoms. The summed E-state index contributed by atoms with van der Waals surface area (Å²) in [7, 11) is 1.69. The molecule has 2 fully saturated rings. The summed E-state index contributed by atoms with van der Waals surface area (Å²) < 4.78 is 5.47. The zero-order chi connectivity index (χ0) is 12.9. The molecule has 1 N–H and O–H groups in total. The molecule has 2 heteroatoms. The molecule has 2 saturated carbocycles. The van der Waals surface area contributed by atoms with Crippen LogP contribution in [0.25, 0.3) is 0 Å². The van der Waals surface area contributed by atoms with Gasteiger partial charge >= 0.3 is 0 Å². The van der Waals surface area contributed by atoms with Crippen LogP contribution in [-0.4, -0.2) is 12.2 Å². The lowest BCUT2D eigenvalue weighted by Gasteiger charge is -2.24. The summed E-state index contributed by atoms with van der Waals surface area (Å²) in [5.74, 6) is 3.09. The van der Waals surface area contributed by atoms with Crippen LogP contribution in [0.4, 0.5) is 0 Å². The first-order valence-corrected chi connectivity index (χ1v) is 6.93. The monoisotopic (exact) mass is 246 g/mol. The van der Waals surface area contributed by atoms with Crippen LogP contribution in [0.15, 0.2) is 12.1 Å². The van der Waals surface area contributed by atoms with Crippen LogP contribution < -0.4 is 4.74 Å². The Morgan fingerprint density at radius 2 is 1.83 bits per heavy atom. The van der Waals surface area contributed by atoms with Gasteiger partial charge in [0.15, 0.2) is 0 Å². The fraction of sp³-hybridized carbons (Fsp3) is 0.625. The smallest absolute Gasteiger partial charge is 0.125 e. The zero-order valence-electron chi connectivity index (χ0n) is 11.4. The Bertz CT molecular complexity index is 456. The number of methoxy groups -OCH3 is 1. The molecule has 2 aliphatic rings. The minimum Gasteiger partial charge on any atom is -0.496 e. The number of hydrogen-bond donors (Lipinski definition) is 1.